The van der Waals surface area contributed by atoms with E-state index >= 15 is 0 Å². The lowest BCUT2D eigenvalue weighted by molar-refractivity contribution is -0.130. The average molecular weight is 689 g/mol. The molecule has 1 amide bonds. The molecule has 4 aromatic carbocycles. The standard InChI is InChI=1S/C33H27Br2N3O2S/c1-40-27-16-10-24(11-17-27)31-18-29(23-8-14-26(35)15-9-23)36-38(31)33(39)21-41-32-20-37(30-5-3-2-4-28(30)32)19-22-6-12-25(34)13-7-22/h2-17,20,31H,18-19,21H2,1H3. The van der Waals surface area contributed by atoms with Crippen molar-refractivity contribution >= 4 is 66.1 Å². The number of halogens is 2. The fraction of sp³-hybridized carbons (Fsp3) is 0.152. The monoisotopic (exact) mass is 687 g/mol. The highest BCUT2D eigenvalue weighted by Gasteiger charge is 2.33. The second kappa shape index (κ2) is 12.3. The smallest absolute Gasteiger partial charge is 0.253 e. The zero-order chi connectivity index (χ0) is 28.3. The van der Waals surface area contributed by atoms with Gasteiger partial charge in [0.15, 0.2) is 0 Å². The zero-order valence-electron chi connectivity index (χ0n) is 22.3. The van der Waals surface area contributed by atoms with Gasteiger partial charge in [0.1, 0.15) is 5.75 Å². The molecule has 41 heavy (non-hydrogen) atoms. The van der Waals surface area contributed by atoms with Gasteiger partial charge in [-0.05, 0) is 59.2 Å². The Kier molecular flexibility index (Phi) is 8.32. The predicted octanol–water partition coefficient (Wildman–Crippen LogP) is 8.69. The van der Waals surface area contributed by atoms with Crippen LogP contribution in [0.5, 0.6) is 5.75 Å². The van der Waals surface area contributed by atoms with Gasteiger partial charge in [-0.2, -0.15) is 5.10 Å². The van der Waals surface area contributed by atoms with E-state index in [9.17, 15) is 4.79 Å². The molecule has 1 aliphatic heterocycles. The van der Waals surface area contributed by atoms with Gasteiger partial charge >= 0.3 is 0 Å². The van der Waals surface area contributed by atoms with Crippen LogP contribution in [0.1, 0.15) is 29.2 Å². The summed E-state index contributed by atoms with van der Waals surface area (Å²) in [6.45, 7) is 0.759. The number of benzene rings is 4. The summed E-state index contributed by atoms with van der Waals surface area (Å²) in [5.74, 6) is 1.05. The van der Waals surface area contributed by atoms with Crippen molar-refractivity contribution in [3.8, 4) is 5.75 Å². The summed E-state index contributed by atoms with van der Waals surface area (Å²) in [5, 5.41) is 7.68. The first kappa shape index (κ1) is 27.8. The molecule has 5 nitrogen and oxygen atoms in total. The summed E-state index contributed by atoms with van der Waals surface area (Å²) in [5.41, 5.74) is 5.33. The van der Waals surface area contributed by atoms with Crippen LogP contribution in [-0.2, 0) is 11.3 Å². The van der Waals surface area contributed by atoms with E-state index in [0.29, 0.717) is 6.42 Å². The highest BCUT2D eigenvalue weighted by atomic mass is 79.9. The molecular weight excluding hydrogens is 662 g/mol. The van der Waals surface area contributed by atoms with Crippen LogP contribution in [0.4, 0.5) is 0 Å². The quantitative estimate of drug-likeness (QED) is 0.153. The van der Waals surface area contributed by atoms with E-state index in [4.69, 9.17) is 9.84 Å². The van der Waals surface area contributed by atoms with Crippen LogP contribution in [0.3, 0.4) is 0 Å². The van der Waals surface area contributed by atoms with Gasteiger partial charge in [-0.3, -0.25) is 4.79 Å². The largest absolute Gasteiger partial charge is 0.497 e. The molecule has 0 spiro atoms. The number of para-hydroxylation sites is 1. The van der Waals surface area contributed by atoms with Crippen molar-refractivity contribution in [3.63, 3.8) is 0 Å². The molecule has 0 aliphatic carbocycles. The number of aromatic nitrogens is 1. The van der Waals surface area contributed by atoms with Crippen LogP contribution in [0.25, 0.3) is 10.9 Å². The summed E-state index contributed by atoms with van der Waals surface area (Å²) >= 11 is 8.60. The highest BCUT2D eigenvalue weighted by molar-refractivity contribution is 9.10. The Morgan fingerprint density at radius 3 is 2.32 bits per heavy atom. The van der Waals surface area contributed by atoms with Crippen LogP contribution >= 0.6 is 43.6 Å². The van der Waals surface area contributed by atoms with E-state index in [-0.39, 0.29) is 17.7 Å². The minimum atomic E-state index is -0.175. The van der Waals surface area contributed by atoms with E-state index in [0.717, 1.165) is 53.9 Å². The first-order valence-corrected chi connectivity index (χ1v) is 15.8. The average Bonchev–Trinajstić information content (AvgIpc) is 3.60. The number of methoxy groups -OCH3 is 1. The van der Waals surface area contributed by atoms with Gasteiger partial charge < -0.3 is 9.30 Å². The number of thioether (sulfide) groups is 1. The molecule has 206 valence electrons. The Hall–Kier alpha value is -3.33. The lowest BCUT2D eigenvalue weighted by Crippen LogP contribution is -2.28. The first-order chi connectivity index (χ1) is 20.0. The van der Waals surface area contributed by atoms with Crippen LogP contribution in [0.2, 0.25) is 0 Å². The van der Waals surface area contributed by atoms with Crippen molar-refractivity contribution < 1.29 is 9.53 Å². The van der Waals surface area contributed by atoms with Crippen molar-refractivity contribution in [2.75, 3.05) is 12.9 Å². The third kappa shape index (κ3) is 6.15. The molecule has 0 saturated heterocycles. The van der Waals surface area contributed by atoms with Gasteiger partial charge in [0.25, 0.3) is 5.91 Å². The molecule has 0 radical (unpaired) electrons. The molecule has 1 unspecified atom stereocenters. The van der Waals surface area contributed by atoms with Gasteiger partial charge in [-0.25, -0.2) is 5.01 Å². The molecule has 8 heteroatoms. The summed E-state index contributed by atoms with van der Waals surface area (Å²) in [4.78, 5) is 14.9. The Bertz CT molecular complexity index is 1720. The number of nitrogens with zero attached hydrogens (tertiary/aromatic N) is 3. The van der Waals surface area contributed by atoms with E-state index in [1.807, 2.05) is 54.6 Å². The van der Waals surface area contributed by atoms with Gasteiger partial charge in [0.05, 0.1) is 24.6 Å². The van der Waals surface area contributed by atoms with Crippen LogP contribution in [0, 0.1) is 0 Å². The number of amides is 1. The molecule has 6 rings (SSSR count). The van der Waals surface area contributed by atoms with Gasteiger partial charge in [-0.1, -0.05) is 86.5 Å². The summed E-state index contributed by atoms with van der Waals surface area (Å²) in [6, 6.07) is 32.6. The van der Waals surface area contributed by atoms with E-state index < -0.39 is 0 Å². The molecule has 1 aliphatic rings. The minimum Gasteiger partial charge on any atom is -0.497 e. The van der Waals surface area contributed by atoms with Crippen molar-refractivity contribution in [1.82, 2.24) is 9.58 Å². The Morgan fingerprint density at radius 1 is 0.927 bits per heavy atom. The number of ether oxygens (including phenoxy) is 1. The van der Waals surface area contributed by atoms with Gasteiger partial charge in [-0.15, -0.1) is 11.8 Å². The summed E-state index contributed by atoms with van der Waals surface area (Å²) in [6.07, 6.45) is 2.81. The topological polar surface area (TPSA) is 46.8 Å². The number of hydrogen-bond acceptors (Lipinski definition) is 4. The molecule has 0 saturated carbocycles. The maximum absolute atomic E-state index is 13.8. The fourth-order valence-corrected chi connectivity index (χ4v) is 6.56. The molecule has 1 atom stereocenters. The van der Waals surface area contributed by atoms with Crippen LogP contribution in [0.15, 0.2) is 122 Å². The normalized spacial score (nSPS) is 14.9. The fourth-order valence-electron chi connectivity index (χ4n) is 5.09. The number of hydrazone groups is 1. The Balaban J connectivity index is 1.25. The van der Waals surface area contributed by atoms with Gasteiger partial charge in [0.2, 0.25) is 0 Å². The predicted molar refractivity (Wildman–Crippen MR) is 174 cm³/mol. The van der Waals surface area contributed by atoms with E-state index in [1.54, 1.807) is 23.9 Å². The molecule has 1 aromatic heterocycles. The lowest BCUT2D eigenvalue weighted by atomic mass is 9.98. The minimum absolute atomic E-state index is 0.0207. The molecule has 0 N–H and O–H groups in total. The first-order valence-electron chi connectivity index (χ1n) is 13.2. The van der Waals surface area contributed by atoms with Crippen molar-refractivity contribution in [1.29, 1.82) is 0 Å². The number of hydrogen-bond donors (Lipinski definition) is 0. The zero-order valence-corrected chi connectivity index (χ0v) is 26.3. The summed E-state index contributed by atoms with van der Waals surface area (Å²) < 4.78 is 9.68. The third-order valence-corrected chi connectivity index (χ3v) is 9.30. The SMILES string of the molecule is COc1ccc(C2CC(c3ccc(Br)cc3)=NN2C(=O)CSc2cn(Cc3ccc(Br)cc3)c3ccccc23)cc1. The molecule has 0 bridgehead atoms. The number of fused-ring (bicyclic) bond motifs is 1. The van der Waals surface area contributed by atoms with Crippen molar-refractivity contribution in [2.45, 2.75) is 23.9 Å². The highest BCUT2D eigenvalue weighted by Crippen LogP contribution is 2.36. The molecule has 2 heterocycles. The maximum Gasteiger partial charge on any atom is 0.253 e. The third-order valence-electron chi connectivity index (χ3n) is 7.21. The van der Waals surface area contributed by atoms with Crippen LogP contribution < -0.4 is 4.74 Å². The van der Waals surface area contributed by atoms with Crippen molar-refractivity contribution in [2.24, 2.45) is 5.10 Å². The Labute approximate surface area is 260 Å². The van der Waals surface area contributed by atoms with E-state index in [1.165, 1.54) is 5.56 Å². The summed E-state index contributed by atoms with van der Waals surface area (Å²) in [7, 11) is 1.66. The lowest BCUT2D eigenvalue weighted by Gasteiger charge is -2.22. The molecule has 0 fully saturated rings. The number of carbonyl (C=O) groups excluding carboxylic acids is 1. The number of rotatable bonds is 8. The second-order valence-electron chi connectivity index (χ2n) is 9.84. The van der Waals surface area contributed by atoms with Crippen molar-refractivity contribution in [3.05, 3.63) is 129 Å². The Morgan fingerprint density at radius 2 is 1.61 bits per heavy atom. The molecular formula is C33H27Br2N3O2S. The van der Waals surface area contributed by atoms with E-state index in [2.05, 4.69) is 85.1 Å². The molecule has 5 aromatic rings. The van der Waals surface area contributed by atoms with Gasteiger partial charge in [0, 0.05) is 43.9 Å². The second-order valence-corrected chi connectivity index (χ2v) is 12.7. The number of carbonyl (C=O) groups is 1. The maximum atomic E-state index is 13.8. The van der Waals surface area contributed by atoms with Crippen LogP contribution in [-0.4, -0.2) is 34.1 Å².